The summed E-state index contributed by atoms with van der Waals surface area (Å²) >= 11 is 5.26. The Hall–Kier alpha value is -0.820. The molecule has 0 fully saturated rings. The molecule has 0 aliphatic carbocycles. The Labute approximate surface area is 98.4 Å². The van der Waals surface area contributed by atoms with Crippen LogP contribution in [-0.2, 0) is 0 Å². The Morgan fingerprint density at radius 3 is 2.47 bits per heavy atom. The second-order valence-electron chi connectivity index (χ2n) is 4.15. The van der Waals surface area contributed by atoms with Gasteiger partial charge in [0.05, 0.1) is 12.0 Å². The standard InChI is InChI=1S/C11H21N3S/c1-5-14(8-10(4)6-12)11(15)13-7-9(2)3/h9-10H,5,7-8H2,1-4H3,(H,13,15). The van der Waals surface area contributed by atoms with Crippen molar-refractivity contribution in [3.63, 3.8) is 0 Å². The van der Waals surface area contributed by atoms with Gasteiger partial charge in [-0.3, -0.25) is 0 Å². The van der Waals surface area contributed by atoms with Crippen molar-refractivity contribution in [1.29, 1.82) is 5.26 Å². The maximum absolute atomic E-state index is 8.74. The third kappa shape index (κ3) is 6.29. The summed E-state index contributed by atoms with van der Waals surface area (Å²) in [5, 5.41) is 12.7. The summed E-state index contributed by atoms with van der Waals surface area (Å²) in [7, 11) is 0. The first-order valence-corrected chi connectivity index (χ1v) is 5.84. The average Bonchev–Trinajstić information content (AvgIpc) is 2.21. The number of hydrogen-bond donors (Lipinski definition) is 1. The van der Waals surface area contributed by atoms with Gasteiger partial charge in [-0.2, -0.15) is 5.26 Å². The molecular formula is C11H21N3S. The lowest BCUT2D eigenvalue weighted by atomic mass is 10.2. The molecule has 0 aliphatic heterocycles. The average molecular weight is 227 g/mol. The fourth-order valence-corrected chi connectivity index (χ4v) is 1.42. The lowest BCUT2D eigenvalue weighted by Gasteiger charge is -2.25. The predicted molar refractivity (Wildman–Crippen MR) is 67.5 cm³/mol. The third-order valence-electron chi connectivity index (χ3n) is 2.05. The molecule has 0 radical (unpaired) electrons. The van der Waals surface area contributed by atoms with E-state index in [4.69, 9.17) is 17.5 Å². The van der Waals surface area contributed by atoms with Crippen molar-refractivity contribution in [3.05, 3.63) is 0 Å². The zero-order valence-corrected chi connectivity index (χ0v) is 10.9. The van der Waals surface area contributed by atoms with E-state index in [9.17, 15) is 0 Å². The summed E-state index contributed by atoms with van der Waals surface area (Å²) in [6.45, 7) is 10.7. The highest BCUT2D eigenvalue weighted by atomic mass is 32.1. The first-order valence-electron chi connectivity index (χ1n) is 5.43. The Balaban J connectivity index is 4.06. The minimum Gasteiger partial charge on any atom is -0.362 e. The molecule has 0 heterocycles. The molecule has 4 heteroatoms. The SMILES string of the molecule is CCN(CC(C)C#N)C(=S)NCC(C)C. The number of nitrogens with zero attached hydrogens (tertiary/aromatic N) is 2. The minimum absolute atomic E-state index is 0.0174. The molecule has 0 spiro atoms. The highest BCUT2D eigenvalue weighted by Crippen LogP contribution is 1.99. The van der Waals surface area contributed by atoms with Crippen LogP contribution >= 0.6 is 12.2 Å². The molecule has 1 N–H and O–H groups in total. The molecule has 0 aromatic carbocycles. The molecule has 0 rings (SSSR count). The van der Waals surface area contributed by atoms with Crippen molar-refractivity contribution in [2.45, 2.75) is 27.7 Å². The fraction of sp³-hybridized carbons (Fsp3) is 0.818. The maximum Gasteiger partial charge on any atom is 0.168 e. The molecular weight excluding hydrogens is 206 g/mol. The van der Waals surface area contributed by atoms with Gasteiger partial charge in [0.1, 0.15) is 0 Å². The Bertz CT molecular complexity index is 232. The molecule has 0 aliphatic rings. The summed E-state index contributed by atoms with van der Waals surface area (Å²) in [4.78, 5) is 2.03. The van der Waals surface area contributed by atoms with Gasteiger partial charge in [0.2, 0.25) is 0 Å². The van der Waals surface area contributed by atoms with Gasteiger partial charge in [0.25, 0.3) is 0 Å². The van der Waals surface area contributed by atoms with Gasteiger partial charge in [-0.25, -0.2) is 0 Å². The molecule has 0 bridgehead atoms. The normalized spacial score (nSPS) is 12.0. The van der Waals surface area contributed by atoms with Crippen molar-refractivity contribution in [1.82, 2.24) is 10.2 Å². The highest BCUT2D eigenvalue weighted by molar-refractivity contribution is 7.80. The second-order valence-corrected chi connectivity index (χ2v) is 4.54. The van der Waals surface area contributed by atoms with Crippen LogP contribution in [0.25, 0.3) is 0 Å². The lowest BCUT2D eigenvalue weighted by Crippen LogP contribution is -2.42. The van der Waals surface area contributed by atoms with Crippen LogP contribution in [0, 0.1) is 23.2 Å². The Kier molecular flexibility index (Phi) is 7.06. The summed E-state index contributed by atoms with van der Waals surface area (Å²) in [5.41, 5.74) is 0. The first-order chi connectivity index (χ1) is 7.01. The Morgan fingerprint density at radius 1 is 1.47 bits per heavy atom. The topological polar surface area (TPSA) is 39.1 Å². The van der Waals surface area contributed by atoms with E-state index in [0.29, 0.717) is 12.5 Å². The lowest BCUT2D eigenvalue weighted by molar-refractivity contribution is 0.394. The van der Waals surface area contributed by atoms with Gasteiger partial charge >= 0.3 is 0 Å². The van der Waals surface area contributed by atoms with E-state index < -0.39 is 0 Å². The van der Waals surface area contributed by atoms with Crippen molar-refractivity contribution in [3.8, 4) is 6.07 Å². The van der Waals surface area contributed by atoms with Gasteiger partial charge in [0, 0.05) is 19.6 Å². The monoisotopic (exact) mass is 227 g/mol. The third-order valence-corrected chi connectivity index (χ3v) is 2.45. The summed E-state index contributed by atoms with van der Waals surface area (Å²) in [6.07, 6.45) is 0. The van der Waals surface area contributed by atoms with Crippen LogP contribution in [-0.4, -0.2) is 29.6 Å². The van der Waals surface area contributed by atoms with E-state index in [1.165, 1.54) is 0 Å². The van der Waals surface area contributed by atoms with Crippen LogP contribution < -0.4 is 5.32 Å². The van der Waals surface area contributed by atoms with Crippen LogP contribution in [0.4, 0.5) is 0 Å². The highest BCUT2D eigenvalue weighted by Gasteiger charge is 2.11. The predicted octanol–water partition coefficient (Wildman–Crippen LogP) is 2.00. The van der Waals surface area contributed by atoms with Gasteiger partial charge in [-0.15, -0.1) is 0 Å². The van der Waals surface area contributed by atoms with E-state index >= 15 is 0 Å². The van der Waals surface area contributed by atoms with Gasteiger partial charge in [-0.05, 0) is 32.0 Å². The van der Waals surface area contributed by atoms with Gasteiger partial charge < -0.3 is 10.2 Å². The van der Waals surface area contributed by atoms with Crippen molar-refractivity contribution < 1.29 is 0 Å². The van der Waals surface area contributed by atoms with Crippen LogP contribution in [0.1, 0.15) is 27.7 Å². The second kappa shape index (κ2) is 7.47. The molecule has 1 atom stereocenters. The van der Waals surface area contributed by atoms with E-state index in [1.54, 1.807) is 0 Å². The fourth-order valence-electron chi connectivity index (χ4n) is 1.13. The van der Waals surface area contributed by atoms with Crippen molar-refractivity contribution in [2.75, 3.05) is 19.6 Å². The molecule has 0 aromatic heterocycles. The number of rotatable bonds is 5. The van der Waals surface area contributed by atoms with Crippen molar-refractivity contribution >= 4 is 17.3 Å². The molecule has 1 unspecified atom stereocenters. The zero-order chi connectivity index (χ0) is 11.8. The van der Waals surface area contributed by atoms with Crippen LogP contribution in [0.5, 0.6) is 0 Å². The largest absolute Gasteiger partial charge is 0.362 e. The number of thiocarbonyl (C=S) groups is 1. The van der Waals surface area contributed by atoms with Crippen LogP contribution in [0.3, 0.4) is 0 Å². The first kappa shape index (κ1) is 14.2. The molecule has 0 saturated carbocycles. The number of nitriles is 1. The molecule has 86 valence electrons. The summed E-state index contributed by atoms with van der Waals surface area (Å²) < 4.78 is 0. The number of hydrogen-bond acceptors (Lipinski definition) is 2. The molecule has 0 saturated heterocycles. The quantitative estimate of drug-likeness (QED) is 0.729. The van der Waals surface area contributed by atoms with E-state index in [0.717, 1.165) is 18.2 Å². The van der Waals surface area contributed by atoms with E-state index in [-0.39, 0.29) is 5.92 Å². The molecule has 15 heavy (non-hydrogen) atoms. The van der Waals surface area contributed by atoms with Crippen LogP contribution in [0.2, 0.25) is 0 Å². The summed E-state index contributed by atoms with van der Waals surface area (Å²) in [5.74, 6) is 0.596. The van der Waals surface area contributed by atoms with Gasteiger partial charge in [-0.1, -0.05) is 13.8 Å². The zero-order valence-electron chi connectivity index (χ0n) is 10.1. The minimum atomic E-state index is 0.0174. The molecule has 3 nitrogen and oxygen atoms in total. The smallest absolute Gasteiger partial charge is 0.168 e. The van der Waals surface area contributed by atoms with E-state index in [2.05, 4.69) is 25.2 Å². The van der Waals surface area contributed by atoms with Gasteiger partial charge in [0.15, 0.2) is 5.11 Å². The molecule has 0 amide bonds. The summed E-state index contributed by atoms with van der Waals surface area (Å²) in [6, 6.07) is 2.22. The van der Waals surface area contributed by atoms with Crippen molar-refractivity contribution in [2.24, 2.45) is 11.8 Å². The Morgan fingerprint density at radius 2 is 2.07 bits per heavy atom. The molecule has 0 aromatic rings. The van der Waals surface area contributed by atoms with E-state index in [1.807, 2.05) is 18.7 Å². The number of nitrogens with one attached hydrogen (secondary N) is 1. The maximum atomic E-state index is 8.74. The van der Waals surface area contributed by atoms with Crippen LogP contribution in [0.15, 0.2) is 0 Å².